The number of benzene rings is 4. The van der Waals surface area contributed by atoms with Gasteiger partial charge < -0.3 is 35.7 Å². The molecule has 0 spiro atoms. The first-order valence-electron chi connectivity index (χ1n) is 18.1. The molecule has 5 N–H and O–H groups in total. The number of aliphatic hydroxyl groups is 1. The third-order valence-corrected chi connectivity index (χ3v) is 9.59. The summed E-state index contributed by atoms with van der Waals surface area (Å²) in [6, 6.07) is 32.2. The maximum atomic E-state index is 11.8. The van der Waals surface area contributed by atoms with Crippen molar-refractivity contribution in [1.29, 1.82) is 10.5 Å². The monoisotopic (exact) mass is 812 g/mol. The Morgan fingerprint density at radius 1 is 0.807 bits per heavy atom. The molecular weight excluding hydrogens is 767 g/mol. The summed E-state index contributed by atoms with van der Waals surface area (Å²) < 4.78 is 4.36. The number of fused-ring (bicyclic) bond motifs is 2. The van der Waals surface area contributed by atoms with E-state index in [1.165, 1.54) is 5.56 Å². The van der Waals surface area contributed by atoms with Gasteiger partial charge in [0.2, 0.25) is 0 Å². The van der Waals surface area contributed by atoms with Gasteiger partial charge in [0, 0.05) is 67.9 Å². The van der Waals surface area contributed by atoms with E-state index in [9.17, 15) is 20.1 Å². The van der Waals surface area contributed by atoms with Crippen molar-refractivity contribution >= 4 is 56.8 Å². The number of rotatable bonds is 8. The van der Waals surface area contributed by atoms with Crippen LogP contribution in [0, 0.1) is 36.5 Å². The van der Waals surface area contributed by atoms with Gasteiger partial charge in [-0.15, -0.1) is 11.6 Å². The van der Waals surface area contributed by atoms with E-state index in [0.29, 0.717) is 42.3 Å². The second-order valence-corrected chi connectivity index (χ2v) is 13.2. The molecule has 1 aliphatic heterocycles. The van der Waals surface area contributed by atoms with Crippen LogP contribution in [-0.2, 0) is 13.1 Å². The smallest absolute Gasteiger partial charge is 0.870 e. The molecule has 0 bridgehead atoms. The number of urea groups is 2. The first kappa shape index (κ1) is 46.7. The van der Waals surface area contributed by atoms with E-state index >= 15 is 0 Å². The molecule has 290 valence electrons. The van der Waals surface area contributed by atoms with Crippen LogP contribution >= 0.6 is 11.6 Å². The molecule has 57 heavy (non-hydrogen) atoms. The van der Waals surface area contributed by atoms with Gasteiger partial charge in [0.25, 0.3) is 0 Å². The number of alkyl halides is 1. The second-order valence-electron chi connectivity index (χ2n) is 12.8. The fraction of sp³-hybridized carbons (Fsp3) is 0.256. The molecule has 1 fully saturated rings. The van der Waals surface area contributed by atoms with Crippen LogP contribution in [0.4, 0.5) is 21.0 Å². The summed E-state index contributed by atoms with van der Waals surface area (Å²) in [6.45, 7) is 11.6. The first-order chi connectivity index (χ1) is 26.7. The number of halogens is 1. The predicted octanol–water partition coefficient (Wildman–Crippen LogP) is 5.34. The van der Waals surface area contributed by atoms with E-state index in [0.717, 1.165) is 75.8 Å². The van der Waals surface area contributed by atoms with E-state index < -0.39 is 0 Å². The third kappa shape index (κ3) is 10.1. The van der Waals surface area contributed by atoms with Gasteiger partial charge in [0.15, 0.2) is 0 Å². The van der Waals surface area contributed by atoms with Crippen LogP contribution in [0.25, 0.3) is 44.3 Å². The largest absolute Gasteiger partial charge is 1.00 e. The van der Waals surface area contributed by atoms with Crippen molar-refractivity contribution in [3.8, 4) is 34.7 Å². The number of carbonyl (C=O) groups is 2. The maximum absolute atomic E-state index is 11.8. The van der Waals surface area contributed by atoms with Gasteiger partial charge in [-0.25, -0.2) is 9.59 Å². The quantitative estimate of drug-likeness (QED) is 0.119. The zero-order valence-electron chi connectivity index (χ0n) is 33.2. The van der Waals surface area contributed by atoms with E-state index in [4.69, 9.17) is 16.7 Å². The van der Waals surface area contributed by atoms with Crippen molar-refractivity contribution in [2.75, 3.05) is 42.8 Å². The van der Waals surface area contributed by atoms with Crippen molar-refractivity contribution < 1.29 is 71.6 Å². The van der Waals surface area contributed by atoms with Gasteiger partial charge in [-0.05, 0) is 86.3 Å². The van der Waals surface area contributed by atoms with E-state index in [-0.39, 0.29) is 68.9 Å². The molecule has 0 unspecified atom stereocenters. The third-order valence-electron chi connectivity index (χ3n) is 9.40. The van der Waals surface area contributed by atoms with E-state index in [1.807, 2.05) is 79.7 Å². The number of aliphatic hydroxyl groups excluding tert-OH is 1. The molecule has 0 radical (unpaired) electrons. The molecule has 3 heterocycles. The number of carbonyl (C=O) groups excluding carboxylic acids is 2. The Morgan fingerprint density at radius 3 is 1.68 bits per heavy atom. The summed E-state index contributed by atoms with van der Waals surface area (Å²) in [7, 11) is 1.00. The summed E-state index contributed by atoms with van der Waals surface area (Å²) in [5, 5.41) is 36.7. The number of nitrogens with zero attached hydrogens (tertiary/aromatic N) is 5. The molecule has 2 aromatic heterocycles. The Balaban J connectivity index is 0.000000283. The Bertz CT molecular complexity index is 2410. The molecule has 1 aliphatic rings. The van der Waals surface area contributed by atoms with Gasteiger partial charge in [-0.1, -0.05) is 48.5 Å². The van der Waals surface area contributed by atoms with Crippen molar-refractivity contribution in [2.45, 2.75) is 40.8 Å². The van der Waals surface area contributed by atoms with Gasteiger partial charge in [0.05, 0.1) is 33.5 Å². The minimum Gasteiger partial charge on any atom is -0.870 e. The summed E-state index contributed by atoms with van der Waals surface area (Å²) in [6.07, 6.45) is 0. The number of hydrogen-bond acceptors (Lipinski definition) is 6. The van der Waals surface area contributed by atoms with Crippen molar-refractivity contribution in [1.82, 2.24) is 19.8 Å². The predicted molar refractivity (Wildman–Crippen MR) is 224 cm³/mol. The molecule has 0 saturated carbocycles. The minimum atomic E-state index is -0.292. The average molecular weight is 813 g/mol. The molecule has 12 nitrogen and oxygen atoms in total. The topological polar surface area (TPSA) is 181 Å². The van der Waals surface area contributed by atoms with Crippen molar-refractivity contribution in [2.24, 2.45) is 0 Å². The fourth-order valence-electron chi connectivity index (χ4n) is 6.97. The zero-order valence-corrected chi connectivity index (χ0v) is 37.0. The number of amides is 4. The molecule has 7 rings (SSSR count). The van der Waals surface area contributed by atoms with Crippen LogP contribution in [0.5, 0.6) is 0 Å². The van der Waals surface area contributed by atoms with Crippen LogP contribution in [0.1, 0.15) is 36.1 Å². The Labute approximate surface area is 380 Å². The van der Waals surface area contributed by atoms with Crippen LogP contribution in [0.3, 0.4) is 0 Å². The Hall–Kier alpha value is -4.67. The molecule has 0 atom stereocenters. The number of nitriles is 2. The maximum Gasteiger partial charge on any atom is 1.00 e. The average Bonchev–Trinajstić information content (AvgIpc) is 3.88. The van der Waals surface area contributed by atoms with Crippen LogP contribution in [-0.4, -0.2) is 64.4 Å². The van der Waals surface area contributed by atoms with Crippen LogP contribution in [0.2, 0.25) is 0 Å². The standard InChI is InChI=1S/C21H21ClN4O.C21H20N4O.CH4O.K.H2O/c1-3-26-19-12-14(2)4-9-17(19)18(13-23)20(26)15-5-7-16(8-6-15)25-21(27)24-11-10-22;1-3-24-19-12-14(2)4-9-17(19)18(13-22)20(24)15-5-7-16(8-6-15)25-11-10-23-21(25)26;1-2;;/h4-9,12H,3,10-11H2,1-2H3,(H2,24,25,27);4-9,12H,3,10-11H2,1-2H3,(H,23,26);2H,1H3;;1H2/q;;;+1;/p-1. The molecule has 14 heteroatoms. The second kappa shape index (κ2) is 21.7. The van der Waals surface area contributed by atoms with Crippen LogP contribution < -0.4 is 72.2 Å². The van der Waals surface area contributed by atoms with Gasteiger partial charge >= 0.3 is 63.4 Å². The van der Waals surface area contributed by atoms with Crippen molar-refractivity contribution in [3.63, 3.8) is 0 Å². The molecule has 1 saturated heterocycles. The molecule has 4 amide bonds. The first-order valence-corrected chi connectivity index (χ1v) is 18.6. The number of anilines is 2. The summed E-state index contributed by atoms with van der Waals surface area (Å²) in [5.41, 5.74) is 11.2. The van der Waals surface area contributed by atoms with E-state index in [2.05, 4.69) is 70.1 Å². The molecule has 0 aliphatic carbocycles. The summed E-state index contributed by atoms with van der Waals surface area (Å²) in [4.78, 5) is 25.3. The Kier molecular flexibility index (Phi) is 17.8. The minimum absolute atomic E-state index is 0. The fourth-order valence-corrected chi connectivity index (χ4v) is 7.06. The number of nitrogens with one attached hydrogen (secondary N) is 3. The number of hydrogen-bond donors (Lipinski definition) is 4. The van der Waals surface area contributed by atoms with Gasteiger partial charge in [-0.2, -0.15) is 10.5 Å². The van der Waals surface area contributed by atoms with Crippen LogP contribution in [0.15, 0.2) is 84.9 Å². The molecule has 6 aromatic rings. The number of aromatic nitrogens is 2. The summed E-state index contributed by atoms with van der Waals surface area (Å²) in [5.74, 6) is 0.365. The number of aryl methyl sites for hydroxylation is 4. The molecule has 4 aromatic carbocycles. The zero-order chi connectivity index (χ0) is 39.6. The summed E-state index contributed by atoms with van der Waals surface area (Å²) >= 11 is 5.57. The van der Waals surface area contributed by atoms with Gasteiger partial charge in [-0.3, -0.25) is 4.90 Å². The SMILES string of the molecule is CCn1c(-c2ccc(N3CCNC3=O)cc2)c(C#N)c2ccc(C)cc21.CCn1c(-c2ccc(NC(=O)NCCCl)cc2)c(C#N)c2ccc(C)cc21.CO.[K+].[OH-]. The van der Waals surface area contributed by atoms with Gasteiger partial charge in [0.1, 0.15) is 12.1 Å². The Morgan fingerprint density at radius 2 is 1.28 bits per heavy atom. The normalized spacial score (nSPS) is 11.5. The van der Waals surface area contributed by atoms with Crippen molar-refractivity contribution in [3.05, 3.63) is 107 Å². The molecular formula is C43H46ClKN8O4. The van der Waals surface area contributed by atoms with E-state index in [1.54, 1.807) is 4.90 Å².